The zero-order valence-corrected chi connectivity index (χ0v) is 13.5. The van der Waals surface area contributed by atoms with E-state index < -0.39 is 9.84 Å². The van der Waals surface area contributed by atoms with Crippen LogP contribution in [0, 0.1) is 12.8 Å². The average molecular weight is 326 g/mol. The second-order valence-electron chi connectivity index (χ2n) is 5.52. The molecular weight excluding hydrogens is 304 g/mol. The van der Waals surface area contributed by atoms with E-state index in [1.54, 1.807) is 0 Å². The Balaban J connectivity index is 1.59. The predicted molar refractivity (Wildman–Crippen MR) is 84.8 cm³/mol. The van der Waals surface area contributed by atoms with Crippen LogP contribution < -0.4 is 15.4 Å². The van der Waals surface area contributed by atoms with Crippen LogP contribution in [0.3, 0.4) is 0 Å². The average Bonchev–Trinajstić information content (AvgIpc) is 2.82. The Morgan fingerprint density at radius 1 is 1.32 bits per heavy atom. The molecule has 1 aliphatic rings. The lowest BCUT2D eigenvalue weighted by Gasteiger charge is -2.12. The summed E-state index contributed by atoms with van der Waals surface area (Å²) in [6.07, 6.45) is 0.624. The van der Waals surface area contributed by atoms with Gasteiger partial charge >= 0.3 is 6.03 Å². The molecule has 22 heavy (non-hydrogen) atoms. The predicted octanol–water partition coefficient (Wildman–Crippen LogP) is 1.11. The van der Waals surface area contributed by atoms with Gasteiger partial charge in [-0.05, 0) is 30.9 Å². The minimum Gasteiger partial charge on any atom is -0.491 e. The molecule has 0 radical (unpaired) electrons. The molecule has 0 saturated carbocycles. The number of hydrogen-bond acceptors (Lipinski definition) is 4. The smallest absolute Gasteiger partial charge is 0.314 e. The number of amides is 2. The Hall–Kier alpha value is -1.76. The van der Waals surface area contributed by atoms with Crippen molar-refractivity contribution < 1.29 is 17.9 Å². The molecule has 0 bridgehead atoms. The molecule has 7 heteroatoms. The summed E-state index contributed by atoms with van der Waals surface area (Å²) in [5.41, 5.74) is 1.05. The van der Waals surface area contributed by atoms with Gasteiger partial charge in [-0.2, -0.15) is 0 Å². The Kier molecular flexibility index (Phi) is 5.65. The zero-order chi connectivity index (χ0) is 16.0. The van der Waals surface area contributed by atoms with E-state index in [1.165, 1.54) is 0 Å². The van der Waals surface area contributed by atoms with Gasteiger partial charge in [-0.15, -0.1) is 0 Å². The summed E-state index contributed by atoms with van der Waals surface area (Å²) in [5.74, 6) is 1.23. The van der Waals surface area contributed by atoms with Crippen LogP contribution in [0.15, 0.2) is 24.3 Å². The van der Waals surface area contributed by atoms with Crippen LogP contribution in [0.5, 0.6) is 5.75 Å². The largest absolute Gasteiger partial charge is 0.491 e. The molecule has 1 aromatic carbocycles. The molecule has 0 aromatic heterocycles. The number of aryl methyl sites for hydroxylation is 1. The van der Waals surface area contributed by atoms with Gasteiger partial charge < -0.3 is 15.4 Å². The highest BCUT2D eigenvalue weighted by atomic mass is 32.2. The lowest BCUT2D eigenvalue weighted by atomic mass is 10.1. The van der Waals surface area contributed by atoms with E-state index in [0.29, 0.717) is 26.1 Å². The molecule has 2 N–H and O–H groups in total. The molecule has 1 heterocycles. The van der Waals surface area contributed by atoms with E-state index in [2.05, 4.69) is 10.6 Å². The normalized spacial score (nSPS) is 19.6. The lowest BCUT2D eigenvalue weighted by molar-refractivity contribution is 0.235. The van der Waals surface area contributed by atoms with Crippen LogP contribution in [0.4, 0.5) is 4.79 Å². The first-order valence-electron chi connectivity index (χ1n) is 7.37. The van der Waals surface area contributed by atoms with E-state index in [9.17, 15) is 13.2 Å². The fourth-order valence-electron chi connectivity index (χ4n) is 2.38. The SMILES string of the molecule is Cc1ccccc1OCCNC(=O)NC[C@@H]1CCS(=O)(=O)C1. The van der Waals surface area contributed by atoms with Crippen molar-refractivity contribution >= 4 is 15.9 Å². The van der Waals surface area contributed by atoms with E-state index >= 15 is 0 Å². The summed E-state index contributed by atoms with van der Waals surface area (Å²) >= 11 is 0. The van der Waals surface area contributed by atoms with Gasteiger partial charge in [0.1, 0.15) is 12.4 Å². The highest BCUT2D eigenvalue weighted by molar-refractivity contribution is 7.91. The number of hydrogen-bond donors (Lipinski definition) is 2. The number of ether oxygens (including phenoxy) is 1. The molecule has 1 aliphatic heterocycles. The zero-order valence-electron chi connectivity index (χ0n) is 12.7. The molecule has 0 spiro atoms. The van der Waals surface area contributed by atoms with E-state index in [1.807, 2.05) is 31.2 Å². The lowest BCUT2D eigenvalue weighted by Crippen LogP contribution is -2.40. The summed E-state index contributed by atoms with van der Waals surface area (Å²) in [6.45, 7) is 3.13. The van der Waals surface area contributed by atoms with Crippen LogP contribution in [0.2, 0.25) is 0 Å². The minimum atomic E-state index is -2.89. The number of urea groups is 1. The maximum Gasteiger partial charge on any atom is 0.314 e. The molecule has 1 saturated heterocycles. The monoisotopic (exact) mass is 326 g/mol. The molecule has 0 unspecified atom stereocenters. The number of nitrogens with one attached hydrogen (secondary N) is 2. The molecular formula is C15H22N2O4S. The van der Waals surface area contributed by atoms with Gasteiger partial charge in [0.2, 0.25) is 0 Å². The number of para-hydroxylation sites is 1. The number of sulfone groups is 1. The minimum absolute atomic E-state index is 0.0268. The molecule has 122 valence electrons. The van der Waals surface area contributed by atoms with Crippen molar-refractivity contribution in [2.45, 2.75) is 13.3 Å². The summed E-state index contributed by atoms with van der Waals surface area (Å²) < 4.78 is 28.2. The Labute approximate surface area is 131 Å². The van der Waals surface area contributed by atoms with Crippen molar-refractivity contribution in [3.63, 3.8) is 0 Å². The molecule has 1 aromatic rings. The third-order valence-corrected chi connectivity index (χ3v) is 5.45. The standard InChI is InChI=1S/C15H22N2O4S/c1-12-4-2-3-5-14(12)21-8-7-16-15(18)17-10-13-6-9-22(19,20)11-13/h2-5,13H,6-11H2,1H3,(H2,16,17,18)/t13-/m0/s1. The van der Waals surface area contributed by atoms with Crippen molar-refractivity contribution in [1.29, 1.82) is 0 Å². The summed E-state index contributed by atoms with van der Waals surface area (Å²) in [6, 6.07) is 7.40. The van der Waals surface area contributed by atoms with Crippen molar-refractivity contribution in [3.05, 3.63) is 29.8 Å². The van der Waals surface area contributed by atoms with Crippen LogP contribution in [-0.4, -0.2) is 45.7 Å². The summed E-state index contributed by atoms with van der Waals surface area (Å²) in [4.78, 5) is 11.6. The van der Waals surface area contributed by atoms with Gasteiger partial charge in [0.05, 0.1) is 18.1 Å². The van der Waals surface area contributed by atoms with Crippen LogP contribution in [-0.2, 0) is 9.84 Å². The Morgan fingerprint density at radius 3 is 2.77 bits per heavy atom. The molecule has 1 fully saturated rings. The first-order chi connectivity index (χ1) is 10.5. The Morgan fingerprint density at radius 2 is 2.09 bits per heavy atom. The number of carbonyl (C=O) groups is 1. The van der Waals surface area contributed by atoms with Crippen molar-refractivity contribution in [2.75, 3.05) is 31.2 Å². The molecule has 2 amide bonds. The van der Waals surface area contributed by atoms with Crippen molar-refractivity contribution in [3.8, 4) is 5.75 Å². The van der Waals surface area contributed by atoms with Crippen molar-refractivity contribution in [2.24, 2.45) is 5.92 Å². The summed E-state index contributed by atoms with van der Waals surface area (Å²) in [7, 11) is -2.89. The molecule has 1 atom stereocenters. The topological polar surface area (TPSA) is 84.5 Å². The number of benzene rings is 1. The van der Waals surface area contributed by atoms with Crippen molar-refractivity contribution in [1.82, 2.24) is 10.6 Å². The first kappa shape index (κ1) is 16.6. The highest BCUT2D eigenvalue weighted by Gasteiger charge is 2.27. The van der Waals surface area contributed by atoms with Gasteiger partial charge in [-0.3, -0.25) is 0 Å². The molecule has 2 rings (SSSR count). The van der Waals surface area contributed by atoms with Gasteiger partial charge in [0, 0.05) is 6.54 Å². The number of carbonyl (C=O) groups excluding carboxylic acids is 1. The fraction of sp³-hybridized carbons (Fsp3) is 0.533. The van der Waals surface area contributed by atoms with Gasteiger partial charge in [-0.1, -0.05) is 18.2 Å². The van der Waals surface area contributed by atoms with Crippen LogP contribution >= 0.6 is 0 Å². The van der Waals surface area contributed by atoms with Gasteiger partial charge in [0.25, 0.3) is 0 Å². The second kappa shape index (κ2) is 7.49. The summed E-state index contributed by atoms with van der Waals surface area (Å²) in [5, 5.41) is 5.39. The quantitative estimate of drug-likeness (QED) is 0.767. The van der Waals surface area contributed by atoms with Crippen LogP contribution in [0.25, 0.3) is 0 Å². The van der Waals surface area contributed by atoms with Gasteiger partial charge in [0.15, 0.2) is 9.84 Å². The third kappa shape index (κ3) is 5.22. The van der Waals surface area contributed by atoms with Gasteiger partial charge in [-0.25, -0.2) is 13.2 Å². The van der Waals surface area contributed by atoms with E-state index in [4.69, 9.17) is 4.74 Å². The van der Waals surface area contributed by atoms with Crippen LogP contribution in [0.1, 0.15) is 12.0 Å². The Bertz CT molecular complexity index is 616. The maximum absolute atomic E-state index is 11.6. The second-order valence-corrected chi connectivity index (χ2v) is 7.75. The molecule has 0 aliphatic carbocycles. The fourth-order valence-corrected chi connectivity index (χ4v) is 4.24. The number of rotatable bonds is 6. The third-order valence-electron chi connectivity index (χ3n) is 3.62. The highest BCUT2D eigenvalue weighted by Crippen LogP contribution is 2.17. The van der Waals surface area contributed by atoms with E-state index in [-0.39, 0.29) is 23.5 Å². The maximum atomic E-state index is 11.6. The van der Waals surface area contributed by atoms with E-state index in [0.717, 1.165) is 11.3 Å². The first-order valence-corrected chi connectivity index (χ1v) is 9.19. The molecule has 6 nitrogen and oxygen atoms in total.